The van der Waals surface area contributed by atoms with E-state index >= 15 is 0 Å². The zero-order valence-corrected chi connectivity index (χ0v) is 26.1. The molecule has 3 rings (SSSR count). The molecular formula is C28H27Br2Cl2N3O4. The molecule has 39 heavy (non-hydrogen) atoms. The van der Waals surface area contributed by atoms with Gasteiger partial charge in [0.05, 0.1) is 27.3 Å². The molecule has 11 heteroatoms. The van der Waals surface area contributed by atoms with E-state index < -0.39 is 17.9 Å². The van der Waals surface area contributed by atoms with Gasteiger partial charge in [-0.15, -0.1) is 0 Å². The zero-order valence-electron chi connectivity index (χ0n) is 21.4. The first-order valence-corrected chi connectivity index (χ1v) is 14.4. The summed E-state index contributed by atoms with van der Waals surface area (Å²) in [5.74, 6) is -0.0204. The molecule has 1 unspecified atom stereocenters. The minimum Gasteiger partial charge on any atom is -0.490 e. The summed E-state index contributed by atoms with van der Waals surface area (Å²) in [6.07, 6.45) is 1.49. The SMILES string of the molecule is CCOc1cc(/C=N/NC(=O)C(NC(=O)c2ccc(Cl)c(Cl)c2)C(C)C)cc(Br)c1OCc1ccc(Br)cc1. The van der Waals surface area contributed by atoms with Crippen molar-refractivity contribution in [3.63, 3.8) is 0 Å². The van der Waals surface area contributed by atoms with E-state index in [1.807, 2.05) is 45.0 Å². The highest BCUT2D eigenvalue weighted by molar-refractivity contribution is 9.10. The number of halogens is 4. The normalized spacial score (nSPS) is 11.9. The molecule has 0 aliphatic rings. The number of benzene rings is 3. The third-order valence-electron chi connectivity index (χ3n) is 5.43. The molecule has 7 nitrogen and oxygen atoms in total. The molecule has 2 N–H and O–H groups in total. The van der Waals surface area contributed by atoms with E-state index in [4.69, 9.17) is 32.7 Å². The van der Waals surface area contributed by atoms with Crippen molar-refractivity contribution in [3.05, 3.63) is 90.3 Å². The average molecular weight is 700 g/mol. The van der Waals surface area contributed by atoms with Crippen LogP contribution in [0.4, 0.5) is 0 Å². The largest absolute Gasteiger partial charge is 0.490 e. The second-order valence-corrected chi connectivity index (χ2v) is 11.3. The topological polar surface area (TPSA) is 89.0 Å². The van der Waals surface area contributed by atoms with Crippen LogP contribution < -0.4 is 20.2 Å². The molecule has 0 saturated carbocycles. The van der Waals surface area contributed by atoms with Gasteiger partial charge >= 0.3 is 0 Å². The first-order chi connectivity index (χ1) is 18.6. The highest BCUT2D eigenvalue weighted by Gasteiger charge is 2.25. The summed E-state index contributed by atoms with van der Waals surface area (Å²) >= 11 is 18.9. The molecular weight excluding hydrogens is 673 g/mol. The van der Waals surface area contributed by atoms with Crippen LogP contribution in [0.3, 0.4) is 0 Å². The van der Waals surface area contributed by atoms with Gasteiger partial charge in [0.15, 0.2) is 11.5 Å². The summed E-state index contributed by atoms with van der Waals surface area (Å²) < 4.78 is 13.5. The van der Waals surface area contributed by atoms with Crippen molar-refractivity contribution in [3.8, 4) is 11.5 Å². The summed E-state index contributed by atoms with van der Waals surface area (Å²) in [5.41, 5.74) is 4.47. The van der Waals surface area contributed by atoms with Crippen molar-refractivity contribution in [2.45, 2.75) is 33.4 Å². The Morgan fingerprint density at radius 2 is 1.72 bits per heavy atom. The number of ether oxygens (including phenoxy) is 2. The molecule has 0 fully saturated rings. The van der Waals surface area contributed by atoms with Crippen molar-refractivity contribution in [1.82, 2.24) is 10.7 Å². The second-order valence-electron chi connectivity index (χ2n) is 8.74. The molecule has 0 aliphatic carbocycles. The lowest BCUT2D eigenvalue weighted by Crippen LogP contribution is -2.48. The summed E-state index contributed by atoms with van der Waals surface area (Å²) in [6.45, 7) is 6.32. The summed E-state index contributed by atoms with van der Waals surface area (Å²) in [6, 6.07) is 15.1. The van der Waals surface area contributed by atoms with Gasteiger partial charge in [-0.1, -0.05) is 65.1 Å². The lowest BCUT2D eigenvalue weighted by atomic mass is 10.0. The average Bonchev–Trinajstić information content (AvgIpc) is 2.89. The number of nitrogens with zero attached hydrogens (tertiary/aromatic N) is 1. The van der Waals surface area contributed by atoms with Crippen molar-refractivity contribution in [2.24, 2.45) is 11.0 Å². The zero-order chi connectivity index (χ0) is 28.5. The quantitative estimate of drug-likeness (QED) is 0.161. The number of hydrogen-bond donors (Lipinski definition) is 2. The minimum absolute atomic E-state index is 0.201. The van der Waals surface area contributed by atoms with Gasteiger partial charge in [0.25, 0.3) is 11.8 Å². The Morgan fingerprint density at radius 3 is 2.36 bits per heavy atom. The third-order valence-corrected chi connectivity index (χ3v) is 7.29. The lowest BCUT2D eigenvalue weighted by Gasteiger charge is -2.20. The molecule has 0 aromatic heterocycles. The number of rotatable bonds is 11. The maximum Gasteiger partial charge on any atom is 0.262 e. The van der Waals surface area contributed by atoms with E-state index in [0.29, 0.717) is 45.3 Å². The fourth-order valence-corrected chi connectivity index (χ4v) is 4.58. The fourth-order valence-electron chi connectivity index (χ4n) is 3.44. The molecule has 0 radical (unpaired) electrons. The Hall–Kier alpha value is -2.59. The van der Waals surface area contributed by atoms with E-state index in [0.717, 1.165) is 10.0 Å². The van der Waals surface area contributed by atoms with Crippen molar-refractivity contribution in [2.75, 3.05) is 6.61 Å². The predicted octanol–water partition coefficient (Wildman–Crippen LogP) is 7.40. The Morgan fingerprint density at radius 1 is 1.00 bits per heavy atom. The highest BCUT2D eigenvalue weighted by atomic mass is 79.9. The van der Waals surface area contributed by atoms with Crippen LogP contribution in [-0.4, -0.2) is 30.7 Å². The van der Waals surface area contributed by atoms with Crippen LogP contribution >= 0.6 is 55.1 Å². The van der Waals surface area contributed by atoms with Gasteiger partial charge in [-0.05, 0) is 82.4 Å². The minimum atomic E-state index is -0.829. The number of carbonyl (C=O) groups is 2. The van der Waals surface area contributed by atoms with E-state index in [-0.39, 0.29) is 10.9 Å². The van der Waals surface area contributed by atoms with Crippen LogP contribution in [0.5, 0.6) is 11.5 Å². The van der Waals surface area contributed by atoms with E-state index in [1.54, 1.807) is 12.1 Å². The number of hydrazone groups is 1. The molecule has 3 aromatic carbocycles. The monoisotopic (exact) mass is 697 g/mol. The van der Waals surface area contributed by atoms with E-state index in [9.17, 15) is 9.59 Å². The smallest absolute Gasteiger partial charge is 0.262 e. The van der Waals surface area contributed by atoms with Crippen LogP contribution in [0.1, 0.15) is 42.3 Å². The molecule has 0 spiro atoms. The molecule has 0 saturated heterocycles. The maximum atomic E-state index is 12.9. The third kappa shape index (κ3) is 8.96. The predicted molar refractivity (Wildman–Crippen MR) is 162 cm³/mol. The number of carbonyl (C=O) groups excluding carboxylic acids is 2. The first kappa shape index (κ1) is 30.9. The van der Waals surface area contributed by atoms with Gasteiger partial charge in [0, 0.05) is 10.0 Å². The van der Waals surface area contributed by atoms with Gasteiger partial charge in [-0.25, -0.2) is 5.43 Å². The van der Waals surface area contributed by atoms with E-state index in [1.165, 1.54) is 24.4 Å². The van der Waals surface area contributed by atoms with Crippen molar-refractivity contribution >= 4 is 73.1 Å². The molecule has 0 aliphatic heterocycles. The Kier molecular flexibility index (Phi) is 11.7. The second kappa shape index (κ2) is 14.7. The summed E-state index contributed by atoms with van der Waals surface area (Å²) in [4.78, 5) is 25.5. The Balaban J connectivity index is 1.68. The number of hydrogen-bond acceptors (Lipinski definition) is 5. The first-order valence-electron chi connectivity index (χ1n) is 12.0. The van der Waals surface area contributed by atoms with Gasteiger partial charge < -0.3 is 14.8 Å². The summed E-state index contributed by atoms with van der Waals surface area (Å²) in [5, 5.41) is 7.40. The number of nitrogens with one attached hydrogen (secondary N) is 2. The lowest BCUT2D eigenvalue weighted by molar-refractivity contribution is -0.123. The summed E-state index contributed by atoms with van der Waals surface area (Å²) in [7, 11) is 0. The van der Waals surface area contributed by atoms with Gasteiger partial charge in [0.2, 0.25) is 0 Å². The molecule has 0 bridgehead atoms. The maximum absolute atomic E-state index is 12.9. The van der Waals surface area contributed by atoms with Crippen LogP contribution in [0, 0.1) is 5.92 Å². The van der Waals surface area contributed by atoms with Gasteiger partial charge in [0.1, 0.15) is 12.6 Å². The van der Waals surface area contributed by atoms with Gasteiger partial charge in [-0.3, -0.25) is 9.59 Å². The van der Waals surface area contributed by atoms with Crippen LogP contribution in [-0.2, 0) is 11.4 Å². The Labute approximate surface area is 254 Å². The van der Waals surface area contributed by atoms with Crippen LogP contribution in [0.15, 0.2) is 68.6 Å². The fraction of sp³-hybridized carbons (Fsp3) is 0.250. The Bertz CT molecular complexity index is 1350. The van der Waals surface area contributed by atoms with Crippen molar-refractivity contribution < 1.29 is 19.1 Å². The van der Waals surface area contributed by atoms with Gasteiger partial charge in [-0.2, -0.15) is 5.10 Å². The number of amides is 2. The molecule has 206 valence electrons. The van der Waals surface area contributed by atoms with Crippen LogP contribution in [0.25, 0.3) is 0 Å². The molecule has 2 amide bonds. The highest BCUT2D eigenvalue weighted by Crippen LogP contribution is 2.37. The van der Waals surface area contributed by atoms with Crippen LogP contribution in [0.2, 0.25) is 10.0 Å². The standard InChI is InChI=1S/C28H27Br2Cl2N3O4/c1-4-38-24-12-18(11-21(30)26(24)39-15-17-5-8-20(29)9-6-17)14-33-35-28(37)25(16(2)3)34-27(36)19-7-10-22(31)23(32)13-19/h5-14,16,25H,4,15H2,1-3H3,(H,34,36)(H,35,37)/b33-14+. The molecule has 3 aromatic rings. The van der Waals surface area contributed by atoms with Crippen molar-refractivity contribution in [1.29, 1.82) is 0 Å². The molecule has 0 heterocycles. The molecule has 1 atom stereocenters. The van der Waals surface area contributed by atoms with E-state index in [2.05, 4.69) is 47.7 Å².